The second kappa shape index (κ2) is 7.25. The van der Waals surface area contributed by atoms with Crippen molar-refractivity contribution in [1.29, 1.82) is 0 Å². The molecule has 3 aromatic heterocycles. The van der Waals surface area contributed by atoms with Gasteiger partial charge in [-0.1, -0.05) is 36.4 Å². The summed E-state index contributed by atoms with van der Waals surface area (Å²) < 4.78 is 3.34. The molecule has 1 amide bonds. The van der Waals surface area contributed by atoms with Crippen LogP contribution in [0.2, 0.25) is 0 Å². The molecule has 27 heavy (non-hydrogen) atoms. The van der Waals surface area contributed by atoms with E-state index in [1.54, 1.807) is 21.6 Å². The molecule has 134 valence electrons. The van der Waals surface area contributed by atoms with Gasteiger partial charge in [0.05, 0.1) is 6.54 Å². The molecule has 4 rings (SSSR count). The molecule has 0 radical (unpaired) electrons. The number of pyridine rings is 1. The number of carbonyl (C=O) groups excluding carboxylic acids is 2. The van der Waals surface area contributed by atoms with Crippen LogP contribution in [0.1, 0.15) is 10.5 Å². The van der Waals surface area contributed by atoms with Gasteiger partial charge in [0, 0.05) is 23.8 Å². The lowest BCUT2D eigenvalue weighted by atomic mass is 10.0. The van der Waals surface area contributed by atoms with E-state index in [4.69, 9.17) is 0 Å². The summed E-state index contributed by atoms with van der Waals surface area (Å²) in [6.07, 6.45) is 4.77. The zero-order chi connectivity index (χ0) is 18.6. The lowest BCUT2D eigenvalue weighted by molar-refractivity contribution is -0.117. The molecule has 0 aliphatic carbocycles. The van der Waals surface area contributed by atoms with Crippen LogP contribution in [0.15, 0.2) is 73.4 Å². The van der Waals surface area contributed by atoms with E-state index in [2.05, 4.69) is 15.4 Å². The van der Waals surface area contributed by atoms with Crippen molar-refractivity contribution in [3.05, 3.63) is 79.1 Å². The van der Waals surface area contributed by atoms with Crippen LogP contribution in [0, 0.1) is 0 Å². The van der Waals surface area contributed by atoms with Crippen molar-refractivity contribution in [3.63, 3.8) is 0 Å². The Morgan fingerprint density at radius 2 is 1.85 bits per heavy atom. The Morgan fingerprint density at radius 3 is 2.63 bits per heavy atom. The van der Waals surface area contributed by atoms with Gasteiger partial charge in [-0.05, 0) is 23.8 Å². The average molecular weight is 359 g/mol. The van der Waals surface area contributed by atoms with Crippen LogP contribution in [0.5, 0.6) is 0 Å². The van der Waals surface area contributed by atoms with Crippen LogP contribution in [0.3, 0.4) is 0 Å². The number of nitrogens with zero attached hydrogens (tertiary/aromatic N) is 4. The Balaban J connectivity index is 1.63. The molecule has 0 aliphatic rings. The minimum absolute atomic E-state index is 0.290. The summed E-state index contributed by atoms with van der Waals surface area (Å²) in [6, 6.07) is 17.1. The van der Waals surface area contributed by atoms with Gasteiger partial charge in [-0.25, -0.2) is 4.98 Å². The van der Waals surface area contributed by atoms with Crippen molar-refractivity contribution in [3.8, 4) is 11.1 Å². The molecule has 0 aliphatic heterocycles. The first-order valence-electron chi connectivity index (χ1n) is 8.54. The van der Waals surface area contributed by atoms with Crippen LogP contribution in [-0.2, 0) is 11.3 Å². The number of rotatable bonds is 6. The van der Waals surface area contributed by atoms with Crippen LogP contribution in [0.25, 0.3) is 16.6 Å². The fourth-order valence-electron chi connectivity index (χ4n) is 3.01. The number of fused-ring (bicyclic) bond motifs is 1. The smallest absolute Gasteiger partial charge is 0.294 e. The number of benzene rings is 1. The van der Waals surface area contributed by atoms with Gasteiger partial charge in [-0.15, -0.1) is 0 Å². The van der Waals surface area contributed by atoms with Crippen LogP contribution < -0.4 is 5.32 Å². The number of amides is 1. The van der Waals surface area contributed by atoms with E-state index in [-0.39, 0.29) is 6.54 Å². The molecule has 0 bridgehead atoms. The SMILES string of the molecule is O=C(NCCn1cncn1)C(=O)c1c(-c2ccccc2)cc2ccccn12. The Bertz CT molecular complexity index is 1080. The van der Waals surface area contributed by atoms with Crippen LogP contribution >= 0.6 is 0 Å². The molecule has 0 fully saturated rings. The Labute approximate surface area is 155 Å². The van der Waals surface area contributed by atoms with E-state index in [1.807, 2.05) is 54.6 Å². The number of hydrogen-bond donors (Lipinski definition) is 1. The van der Waals surface area contributed by atoms with E-state index in [0.717, 1.165) is 16.6 Å². The number of Topliss-reactive ketones (excluding diaryl/α,β-unsaturated/α-hetero) is 1. The van der Waals surface area contributed by atoms with Crippen molar-refractivity contribution < 1.29 is 9.59 Å². The summed E-state index contributed by atoms with van der Waals surface area (Å²) >= 11 is 0. The van der Waals surface area contributed by atoms with Crippen molar-refractivity contribution in [1.82, 2.24) is 24.5 Å². The number of aromatic nitrogens is 4. The highest BCUT2D eigenvalue weighted by Crippen LogP contribution is 2.28. The molecule has 0 spiro atoms. The molecule has 0 atom stereocenters. The van der Waals surface area contributed by atoms with Gasteiger partial charge in [0.25, 0.3) is 11.7 Å². The predicted molar refractivity (Wildman–Crippen MR) is 100 cm³/mol. The van der Waals surface area contributed by atoms with Crippen molar-refractivity contribution in [2.75, 3.05) is 6.54 Å². The molecule has 4 aromatic rings. The van der Waals surface area contributed by atoms with Gasteiger partial charge < -0.3 is 9.72 Å². The summed E-state index contributed by atoms with van der Waals surface area (Å²) in [6.45, 7) is 0.734. The summed E-state index contributed by atoms with van der Waals surface area (Å²) in [5.41, 5.74) is 2.84. The van der Waals surface area contributed by atoms with Crippen LogP contribution in [-0.4, -0.2) is 37.4 Å². The Kier molecular flexibility index (Phi) is 4.49. The van der Waals surface area contributed by atoms with Gasteiger partial charge in [-0.2, -0.15) is 5.10 Å². The van der Waals surface area contributed by atoms with Crippen molar-refractivity contribution in [2.45, 2.75) is 6.54 Å². The third-order valence-corrected chi connectivity index (χ3v) is 4.28. The van der Waals surface area contributed by atoms with Gasteiger partial charge in [0.15, 0.2) is 0 Å². The van der Waals surface area contributed by atoms with E-state index >= 15 is 0 Å². The van der Waals surface area contributed by atoms with Crippen molar-refractivity contribution in [2.24, 2.45) is 0 Å². The maximum Gasteiger partial charge on any atom is 0.294 e. The van der Waals surface area contributed by atoms with Gasteiger partial charge in [0.1, 0.15) is 18.3 Å². The topological polar surface area (TPSA) is 81.3 Å². The highest BCUT2D eigenvalue weighted by molar-refractivity contribution is 6.43. The fourth-order valence-corrected chi connectivity index (χ4v) is 3.01. The fraction of sp³-hybridized carbons (Fsp3) is 0.100. The predicted octanol–water partition coefficient (Wildman–Crippen LogP) is 2.20. The molecule has 0 saturated carbocycles. The first kappa shape index (κ1) is 16.7. The zero-order valence-corrected chi connectivity index (χ0v) is 14.4. The third-order valence-electron chi connectivity index (χ3n) is 4.28. The highest BCUT2D eigenvalue weighted by atomic mass is 16.2. The van der Waals surface area contributed by atoms with Gasteiger partial charge >= 0.3 is 0 Å². The molecule has 1 N–H and O–H groups in total. The lowest BCUT2D eigenvalue weighted by Gasteiger charge is -2.07. The second-order valence-corrected chi connectivity index (χ2v) is 6.01. The van der Waals surface area contributed by atoms with E-state index in [9.17, 15) is 9.59 Å². The third kappa shape index (κ3) is 3.35. The normalized spacial score (nSPS) is 10.8. The maximum absolute atomic E-state index is 12.9. The summed E-state index contributed by atoms with van der Waals surface area (Å²) in [5, 5.41) is 6.63. The second-order valence-electron chi connectivity index (χ2n) is 6.01. The largest absolute Gasteiger partial charge is 0.347 e. The van der Waals surface area contributed by atoms with Gasteiger partial charge in [-0.3, -0.25) is 14.3 Å². The minimum atomic E-state index is -0.642. The number of nitrogens with one attached hydrogen (secondary N) is 1. The average Bonchev–Trinajstić information content (AvgIpc) is 3.35. The van der Waals surface area contributed by atoms with Crippen LogP contribution in [0.4, 0.5) is 0 Å². The quantitative estimate of drug-likeness (QED) is 0.423. The standard InChI is InChI=1S/C20H17N5O2/c26-19(20(27)22-9-11-24-14-21-13-23-24)18-17(15-6-2-1-3-7-15)12-16-8-4-5-10-25(16)18/h1-8,10,12-14H,9,11H2,(H,22,27). The van der Waals surface area contributed by atoms with E-state index in [1.165, 1.54) is 6.33 Å². The first-order chi connectivity index (χ1) is 13.2. The molecule has 7 heteroatoms. The highest BCUT2D eigenvalue weighted by Gasteiger charge is 2.24. The monoisotopic (exact) mass is 359 g/mol. The van der Waals surface area contributed by atoms with Gasteiger partial charge in [0.2, 0.25) is 0 Å². The lowest BCUT2D eigenvalue weighted by Crippen LogP contribution is -2.34. The summed E-state index contributed by atoms with van der Waals surface area (Å²) in [5.74, 6) is -1.21. The molecular formula is C20H17N5O2. The Morgan fingerprint density at radius 1 is 1.04 bits per heavy atom. The minimum Gasteiger partial charge on any atom is -0.347 e. The maximum atomic E-state index is 12.9. The first-order valence-corrected chi connectivity index (χ1v) is 8.54. The zero-order valence-electron chi connectivity index (χ0n) is 14.4. The molecule has 3 heterocycles. The molecule has 0 unspecified atom stereocenters. The van der Waals surface area contributed by atoms with E-state index in [0.29, 0.717) is 12.2 Å². The summed E-state index contributed by atoms with van der Waals surface area (Å²) in [4.78, 5) is 29.3. The number of carbonyl (C=O) groups is 2. The number of hydrogen-bond acceptors (Lipinski definition) is 4. The number of ketones is 1. The van der Waals surface area contributed by atoms with Crippen molar-refractivity contribution >= 4 is 17.2 Å². The molecule has 1 aromatic carbocycles. The molecule has 7 nitrogen and oxygen atoms in total. The summed E-state index contributed by atoms with van der Waals surface area (Å²) in [7, 11) is 0. The Hall–Kier alpha value is -3.74. The van der Waals surface area contributed by atoms with E-state index < -0.39 is 11.7 Å². The molecular weight excluding hydrogens is 342 g/mol. The molecule has 0 saturated heterocycles.